The number of hydrogen-bond donors (Lipinski definition) is 1. The zero-order chi connectivity index (χ0) is 19.8. The van der Waals surface area contributed by atoms with Crippen LogP contribution < -0.4 is 0 Å². The molecule has 0 aliphatic heterocycles. The highest BCUT2D eigenvalue weighted by Gasteiger charge is 2.25. The minimum absolute atomic E-state index is 0.0434. The first-order chi connectivity index (χ1) is 12.2. The Hall–Kier alpha value is -0.960. The van der Waals surface area contributed by atoms with Gasteiger partial charge in [-0.05, 0) is 65.5 Å². The molecule has 3 heteroatoms. The number of esters is 1. The van der Waals surface area contributed by atoms with E-state index >= 15 is 0 Å². The number of benzene rings is 1. The number of hydrogen-bond acceptors (Lipinski definition) is 3. The highest BCUT2D eigenvalue weighted by Crippen LogP contribution is 2.34. The minimum atomic E-state index is -0.193. The van der Waals surface area contributed by atoms with Crippen molar-refractivity contribution in [2.75, 3.05) is 12.4 Å². The van der Waals surface area contributed by atoms with Gasteiger partial charge >= 0.3 is 5.97 Å². The van der Waals surface area contributed by atoms with E-state index in [-0.39, 0.29) is 16.8 Å². The molecule has 0 amide bonds. The number of unbranched alkanes of at least 4 members (excludes halogenated alkanes) is 3. The highest BCUT2D eigenvalue weighted by atomic mass is 32.1. The molecule has 0 atom stereocenters. The van der Waals surface area contributed by atoms with Crippen LogP contribution in [0.1, 0.15) is 102 Å². The maximum absolute atomic E-state index is 12.6. The summed E-state index contributed by atoms with van der Waals surface area (Å²) >= 11 is 4.22. The van der Waals surface area contributed by atoms with Crippen molar-refractivity contribution in [3.63, 3.8) is 0 Å². The van der Waals surface area contributed by atoms with E-state index in [0.29, 0.717) is 12.2 Å². The van der Waals surface area contributed by atoms with Crippen molar-refractivity contribution in [1.29, 1.82) is 0 Å². The van der Waals surface area contributed by atoms with Crippen LogP contribution in [0.15, 0.2) is 18.2 Å². The Morgan fingerprint density at radius 3 is 1.85 bits per heavy atom. The van der Waals surface area contributed by atoms with E-state index in [1.54, 1.807) is 0 Å². The molecule has 1 rings (SSSR count). The van der Waals surface area contributed by atoms with Crippen LogP contribution in [0.5, 0.6) is 0 Å². The Labute approximate surface area is 166 Å². The Balaban J connectivity index is 2.97. The summed E-state index contributed by atoms with van der Waals surface area (Å²) in [7, 11) is 0. The Morgan fingerprint density at radius 2 is 1.38 bits per heavy atom. The van der Waals surface area contributed by atoms with Gasteiger partial charge < -0.3 is 4.74 Å². The Morgan fingerprint density at radius 1 is 0.885 bits per heavy atom. The summed E-state index contributed by atoms with van der Waals surface area (Å²) in [6.45, 7) is 13.8. The summed E-state index contributed by atoms with van der Waals surface area (Å²) in [5.74, 6) is 0.733. The van der Waals surface area contributed by atoms with Crippen LogP contribution in [0.3, 0.4) is 0 Å². The van der Waals surface area contributed by atoms with Crippen LogP contribution in [0, 0.1) is 0 Å². The molecule has 26 heavy (non-hydrogen) atoms. The number of rotatable bonds is 11. The number of carbonyl (C=O) groups is 1. The normalized spacial score (nSPS) is 12.3. The lowest BCUT2D eigenvalue weighted by Crippen LogP contribution is -2.22. The summed E-state index contributed by atoms with van der Waals surface area (Å²) in [5, 5.41) is 0. The third kappa shape index (κ3) is 6.64. The molecule has 0 bridgehead atoms. The summed E-state index contributed by atoms with van der Waals surface area (Å²) in [6, 6.07) is 6.34. The van der Waals surface area contributed by atoms with Gasteiger partial charge in [0.15, 0.2) is 0 Å². The van der Waals surface area contributed by atoms with Crippen LogP contribution in [-0.2, 0) is 15.6 Å². The predicted octanol–water partition coefficient (Wildman–Crippen LogP) is 6.71. The molecule has 0 radical (unpaired) electrons. The molecular weight excluding hydrogens is 340 g/mol. The summed E-state index contributed by atoms with van der Waals surface area (Å²) in [4.78, 5) is 12.6. The zero-order valence-electron chi connectivity index (χ0n) is 17.7. The van der Waals surface area contributed by atoms with Crippen LogP contribution in [0.25, 0.3) is 0 Å². The number of carbonyl (C=O) groups excluding carboxylic acids is 1. The molecule has 0 saturated heterocycles. The largest absolute Gasteiger partial charge is 0.462 e. The van der Waals surface area contributed by atoms with E-state index in [1.807, 2.05) is 12.1 Å². The molecule has 0 spiro atoms. The van der Waals surface area contributed by atoms with Crippen LogP contribution in [-0.4, -0.2) is 18.3 Å². The molecule has 148 valence electrons. The lowest BCUT2D eigenvalue weighted by Gasteiger charge is -2.29. The molecule has 0 aliphatic rings. The van der Waals surface area contributed by atoms with Crippen molar-refractivity contribution in [3.05, 3.63) is 34.9 Å². The monoisotopic (exact) mass is 378 g/mol. The maximum atomic E-state index is 12.6. The lowest BCUT2D eigenvalue weighted by molar-refractivity contribution is 0.0497. The third-order valence-electron chi connectivity index (χ3n) is 5.79. The molecule has 0 fully saturated rings. The fraction of sp³-hybridized carbons (Fsp3) is 0.696. The molecule has 0 N–H and O–H groups in total. The van der Waals surface area contributed by atoms with Crippen molar-refractivity contribution in [2.24, 2.45) is 0 Å². The van der Waals surface area contributed by atoms with Crippen molar-refractivity contribution in [2.45, 2.75) is 90.9 Å². The van der Waals surface area contributed by atoms with E-state index < -0.39 is 0 Å². The molecule has 0 aliphatic carbocycles. The minimum Gasteiger partial charge on any atom is -0.462 e. The number of ether oxygens (including phenoxy) is 1. The predicted molar refractivity (Wildman–Crippen MR) is 116 cm³/mol. The first-order valence-electron chi connectivity index (χ1n) is 10.1. The van der Waals surface area contributed by atoms with Gasteiger partial charge in [-0.3, -0.25) is 0 Å². The van der Waals surface area contributed by atoms with Gasteiger partial charge in [0, 0.05) is 0 Å². The second-order valence-corrected chi connectivity index (χ2v) is 8.99. The molecular formula is C23H38O2S. The summed E-state index contributed by atoms with van der Waals surface area (Å²) < 4.78 is 5.55. The molecule has 0 saturated carbocycles. The zero-order valence-corrected chi connectivity index (χ0v) is 18.5. The average molecular weight is 379 g/mol. The van der Waals surface area contributed by atoms with Gasteiger partial charge in [0.05, 0.1) is 12.2 Å². The van der Waals surface area contributed by atoms with E-state index in [0.717, 1.165) is 44.3 Å². The highest BCUT2D eigenvalue weighted by molar-refractivity contribution is 7.80. The van der Waals surface area contributed by atoms with Crippen LogP contribution >= 0.6 is 12.6 Å². The van der Waals surface area contributed by atoms with E-state index in [2.05, 4.69) is 60.2 Å². The van der Waals surface area contributed by atoms with Crippen LogP contribution in [0.4, 0.5) is 0 Å². The van der Waals surface area contributed by atoms with Crippen molar-refractivity contribution in [3.8, 4) is 0 Å². The standard InChI is InChI=1S/C23H38O2S/c1-7-22(3,4)19-15-18(16-20(17-19)23(5,6)8-2)21(24)25-13-11-9-10-12-14-26/h15-17,26H,7-14H2,1-6H3. The van der Waals surface area contributed by atoms with Gasteiger partial charge in [0.1, 0.15) is 0 Å². The SMILES string of the molecule is CCC(C)(C)c1cc(C(=O)OCCCCCCS)cc(C(C)(C)CC)c1. The fourth-order valence-electron chi connectivity index (χ4n) is 2.75. The second kappa shape index (κ2) is 10.4. The number of thiol groups is 1. The topological polar surface area (TPSA) is 26.3 Å². The maximum Gasteiger partial charge on any atom is 0.338 e. The molecule has 2 nitrogen and oxygen atoms in total. The van der Waals surface area contributed by atoms with Gasteiger partial charge in [-0.1, -0.05) is 60.5 Å². The van der Waals surface area contributed by atoms with Crippen molar-refractivity contribution < 1.29 is 9.53 Å². The molecule has 0 heterocycles. The fourth-order valence-corrected chi connectivity index (χ4v) is 2.97. The molecule has 0 aromatic heterocycles. The quantitative estimate of drug-likeness (QED) is 0.263. The van der Waals surface area contributed by atoms with Crippen molar-refractivity contribution >= 4 is 18.6 Å². The third-order valence-corrected chi connectivity index (χ3v) is 6.10. The van der Waals surface area contributed by atoms with Gasteiger partial charge in [0.25, 0.3) is 0 Å². The Kier molecular flexibility index (Phi) is 9.23. The van der Waals surface area contributed by atoms with Gasteiger partial charge in [0.2, 0.25) is 0 Å². The summed E-state index contributed by atoms with van der Waals surface area (Å²) in [6.07, 6.45) is 6.35. The first-order valence-corrected chi connectivity index (χ1v) is 10.7. The lowest BCUT2D eigenvalue weighted by atomic mass is 9.76. The van der Waals surface area contributed by atoms with Gasteiger partial charge in [-0.15, -0.1) is 0 Å². The van der Waals surface area contributed by atoms with E-state index in [9.17, 15) is 4.79 Å². The smallest absolute Gasteiger partial charge is 0.338 e. The average Bonchev–Trinajstić information content (AvgIpc) is 2.63. The van der Waals surface area contributed by atoms with Gasteiger partial charge in [-0.2, -0.15) is 12.6 Å². The second-order valence-electron chi connectivity index (χ2n) is 8.55. The van der Waals surface area contributed by atoms with Gasteiger partial charge in [-0.25, -0.2) is 4.79 Å². The first kappa shape index (κ1) is 23.1. The summed E-state index contributed by atoms with van der Waals surface area (Å²) in [5.41, 5.74) is 3.22. The Bertz CT molecular complexity index is 541. The van der Waals surface area contributed by atoms with Crippen LogP contribution in [0.2, 0.25) is 0 Å². The van der Waals surface area contributed by atoms with E-state index in [4.69, 9.17) is 4.74 Å². The molecule has 1 aromatic rings. The van der Waals surface area contributed by atoms with Crippen molar-refractivity contribution in [1.82, 2.24) is 0 Å². The molecule has 1 aromatic carbocycles. The van der Waals surface area contributed by atoms with E-state index in [1.165, 1.54) is 11.1 Å². The molecule has 0 unspecified atom stereocenters.